The van der Waals surface area contributed by atoms with Crippen LogP contribution in [0.1, 0.15) is 10.4 Å². The first-order valence-electron chi connectivity index (χ1n) is 3.71. The Morgan fingerprint density at radius 1 is 1.31 bits per heavy atom. The lowest BCUT2D eigenvalue weighted by Crippen LogP contribution is -2.03. The van der Waals surface area contributed by atoms with Gasteiger partial charge >= 0.3 is 5.97 Å². The maximum atomic E-state index is 11.1. The van der Waals surface area contributed by atoms with Crippen LogP contribution in [0.2, 0.25) is 0 Å². The van der Waals surface area contributed by atoms with Crippen LogP contribution in [0, 0.1) is 6.61 Å². The summed E-state index contributed by atoms with van der Waals surface area (Å²) < 4.78 is 0. The molecule has 0 bridgehead atoms. The third-order valence-corrected chi connectivity index (χ3v) is 1.29. The van der Waals surface area contributed by atoms with Crippen molar-refractivity contribution in [1.82, 2.24) is 0 Å². The average molecular weight is 177 g/mol. The summed E-state index contributed by atoms with van der Waals surface area (Å²) in [6, 6.07) is 8.58. The van der Waals surface area contributed by atoms with Gasteiger partial charge in [-0.05, 0) is 12.1 Å². The maximum absolute atomic E-state index is 11.1. The molecule has 0 atom stereocenters. The smallest absolute Gasteiger partial charge is 0.292 e. The summed E-state index contributed by atoms with van der Waals surface area (Å²) in [5.41, 5.74) is 0.444. The highest BCUT2D eigenvalue weighted by Crippen LogP contribution is 2.01. The molecule has 0 aliphatic rings. The van der Waals surface area contributed by atoms with E-state index in [1.54, 1.807) is 24.3 Å². The predicted octanol–water partition coefficient (Wildman–Crippen LogP) is 2.12. The first-order valence-corrected chi connectivity index (χ1v) is 3.71. The lowest BCUT2D eigenvalue weighted by atomic mass is 10.2. The van der Waals surface area contributed by atoms with E-state index < -0.39 is 5.97 Å². The molecule has 0 aromatic heterocycles. The molecule has 0 saturated heterocycles. The molecule has 1 rings (SSSR count). The van der Waals surface area contributed by atoms with Crippen molar-refractivity contribution in [2.24, 2.45) is 0 Å². The molecule has 0 aliphatic carbocycles. The molecule has 0 spiro atoms. The third kappa shape index (κ3) is 3.09. The Labute approximate surface area is 76.5 Å². The van der Waals surface area contributed by atoms with Crippen LogP contribution in [0.5, 0.6) is 0 Å². The Bertz CT molecular complexity index is 279. The van der Waals surface area contributed by atoms with E-state index in [0.717, 1.165) is 0 Å². The molecule has 3 nitrogen and oxygen atoms in total. The van der Waals surface area contributed by atoms with Crippen LogP contribution >= 0.6 is 0 Å². The highest BCUT2D eigenvalue weighted by molar-refractivity contribution is 5.88. The molecular formula is C10H9O3. The van der Waals surface area contributed by atoms with E-state index in [2.05, 4.69) is 16.4 Å². The number of carbonyl (C=O) groups excluding carboxylic acids is 1. The second-order valence-electron chi connectivity index (χ2n) is 2.20. The lowest BCUT2D eigenvalue weighted by molar-refractivity contribution is -0.206. The van der Waals surface area contributed by atoms with Crippen LogP contribution in [0.4, 0.5) is 0 Å². The van der Waals surface area contributed by atoms with Crippen LogP contribution in [0.15, 0.2) is 43.0 Å². The molecule has 0 heterocycles. The van der Waals surface area contributed by atoms with E-state index in [1.165, 1.54) is 12.7 Å². The quantitative estimate of drug-likeness (QED) is 0.401. The van der Waals surface area contributed by atoms with E-state index >= 15 is 0 Å². The summed E-state index contributed by atoms with van der Waals surface area (Å²) in [7, 11) is 0. The second kappa shape index (κ2) is 5.11. The zero-order valence-corrected chi connectivity index (χ0v) is 6.97. The number of carbonyl (C=O) groups is 1. The number of rotatable bonds is 4. The Kier molecular flexibility index (Phi) is 3.73. The molecule has 1 aromatic carbocycles. The topological polar surface area (TPSA) is 35.5 Å². The molecule has 67 valence electrons. The van der Waals surface area contributed by atoms with Crippen LogP contribution in [-0.2, 0) is 9.78 Å². The normalized spacial score (nSPS) is 9.23. The molecule has 0 unspecified atom stereocenters. The van der Waals surface area contributed by atoms with Gasteiger partial charge in [0.25, 0.3) is 0 Å². The molecule has 0 N–H and O–H groups in total. The molecule has 1 radical (unpaired) electrons. The summed E-state index contributed by atoms with van der Waals surface area (Å²) in [5.74, 6) is -0.529. The Morgan fingerprint density at radius 2 is 2.00 bits per heavy atom. The van der Waals surface area contributed by atoms with Crippen molar-refractivity contribution in [3.63, 3.8) is 0 Å². The lowest BCUT2D eigenvalue weighted by Gasteiger charge is -1.99. The van der Waals surface area contributed by atoms with Crippen molar-refractivity contribution in [2.75, 3.05) is 0 Å². The first kappa shape index (κ1) is 9.48. The summed E-state index contributed by atoms with van der Waals surface area (Å²) in [6.07, 6.45) is 1.37. The molecule has 3 heteroatoms. The van der Waals surface area contributed by atoms with Crippen molar-refractivity contribution in [3.8, 4) is 0 Å². The van der Waals surface area contributed by atoms with Gasteiger partial charge in [-0.25, -0.2) is 4.79 Å². The van der Waals surface area contributed by atoms with E-state index in [1.807, 2.05) is 6.07 Å². The zero-order valence-electron chi connectivity index (χ0n) is 6.97. The SMILES string of the molecule is C=C[CH]OOC(=O)c1ccccc1. The Morgan fingerprint density at radius 3 is 2.62 bits per heavy atom. The molecule has 0 saturated carbocycles. The van der Waals surface area contributed by atoms with Gasteiger partial charge in [-0.1, -0.05) is 24.3 Å². The summed E-state index contributed by atoms with van der Waals surface area (Å²) in [6.45, 7) is 4.54. The zero-order chi connectivity index (χ0) is 9.52. The minimum Gasteiger partial charge on any atom is -0.292 e. The molecule has 0 fully saturated rings. The van der Waals surface area contributed by atoms with E-state index in [-0.39, 0.29) is 0 Å². The van der Waals surface area contributed by atoms with Gasteiger partial charge < -0.3 is 0 Å². The van der Waals surface area contributed by atoms with Gasteiger partial charge in [-0.3, -0.25) is 4.89 Å². The highest BCUT2D eigenvalue weighted by Gasteiger charge is 2.05. The summed E-state index contributed by atoms with van der Waals surface area (Å²) >= 11 is 0. The van der Waals surface area contributed by atoms with Crippen molar-refractivity contribution in [2.45, 2.75) is 0 Å². The Balaban J connectivity index is 2.45. The highest BCUT2D eigenvalue weighted by atomic mass is 17.2. The van der Waals surface area contributed by atoms with Crippen molar-refractivity contribution in [3.05, 3.63) is 55.2 Å². The van der Waals surface area contributed by atoms with Crippen LogP contribution in [-0.4, -0.2) is 5.97 Å². The average Bonchev–Trinajstić information content (AvgIpc) is 2.19. The van der Waals surface area contributed by atoms with Crippen molar-refractivity contribution >= 4 is 5.97 Å². The van der Waals surface area contributed by atoms with Crippen molar-refractivity contribution in [1.29, 1.82) is 0 Å². The molecule has 13 heavy (non-hydrogen) atoms. The monoisotopic (exact) mass is 177 g/mol. The van der Waals surface area contributed by atoms with Crippen LogP contribution < -0.4 is 0 Å². The maximum Gasteiger partial charge on any atom is 0.373 e. The minimum atomic E-state index is -0.529. The van der Waals surface area contributed by atoms with Gasteiger partial charge in [0.1, 0.15) is 0 Å². The van der Waals surface area contributed by atoms with Gasteiger partial charge in [-0.15, -0.1) is 6.58 Å². The molecule has 0 amide bonds. The van der Waals surface area contributed by atoms with Gasteiger partial charge in [0.15, 0.2) is 6.61 Å². The molecule has 1 aromatic rings. The van der Waals surface area contributed by atoms with Crippen molar-refractivity contribution < 1.29 is 14.6 Å². The van der Waals surface area contributed by atoms with E-state index in [9.17, 15) is 4.79 Å². The Hall–Kier alpha value is -1.61. The third-order valence-electron chi connectivity index (χ3n) is 1.29. The fourth-order valence-corrected chi connectivity index (χ4v) is 0.733. The van der Waals surface area contributed by atoms with Gasteiger partial charge in [0.05, 0.1) is 5.56 Å². The van der Waals surface area contributed by atoms with Gasteiger partial charge in [0, 0.05) is 0 Å². The van der Waals surface area contributed by atoms with Gasteiger partial charge in [0.2, 0.25) is 0 Å². The first-order chi connectivity index (χ1) is 6.34. The summed E-state index contributed by atoms with van der Waals surface area (Å²) in [5, 5.41) is 0. The standard InChI is InChI=1S/C10H9O3/c1-2-8-12-13-10(11)9-6-4-3-5-7-9/h2-8H,1H2. The fraction of sp³-hybridized carbons (Fsp3) is 0. The second-order valence-corrected chi connectivity index (χ2v) is 2.20. The van der Waals surface area contributed by atoms with E-state index in [0.29, 0.717) is 5.56 Å². The number of hydrogen-bond acceptors (Lipinski definition) is 3. The number of benzene rings is 1. The minimum absolute atomic E-state index is 0.444. The van der Waals surface area contributed by atoms with Gasteiger partial charge in [-0.2, -0.15) is 4.89 Å². The van der Waals surface area contributed by atoms with Crippen LogP contribution in [0.3, 0.4) is 0 Å². The largest absolute Gasteiger partial charge is 0.373 e. The van der Waals surface area contributed by atoms with Crippen LogP contribution in [0.25, 0.3) is 0 Å². The number of hydrogen-bond donors (Lipinski definition) is 0. The van der Waals surface area contributed by atoms with E-state index in [4.69, 9.17) is 0 Å². The molecular weight excluding hydrogens is 168 g/mol. The predicted molar refractivity (Wildman–Crippen MR) is 47.4 cm³/mol. The summed E-state index contributed by atoms with van der Waals surface area (Å²) in [4.78, 5) is 19.9. The fourth-order valence-electron chi connectivity index (χ4n) is 0.733. The molecule has 0 aliphatic heterocycles.